The largest absolute Gasteiger partial charge is 0.497 e. The van der Waals surface area contributed by atoms with Gasteiger partial charge in [0.1, 0.15) is 17.2 Å². The minimum absolute atomic E-state index is 0.0794. The van der Waals surface area contributed by atoms with Gasteiger partial charge in [-0.1, -0.05) is 18.2 Å². The second-order valence-electron chi connectivity index (χ2n) is 10.4. The molecule has 5 aromatic rings. The molecule has 3 aromatic carbocycles. The van der Waals surface area contributed by atoms with Gasteiger partial charge >= 0.3 is 6.18 Å². The molecular weight excluding hydrogens is 585 g/mol. The highest BCUT2D eigenvalue weighted by atomic mass is 32.1. The summed E-state index contributed by atoms with van der Waals surface area (Å²) in [5.74, 6) is 2.03. The Kier molecular flexibility index (Phi) is 7.77. The molecule has 224 valence electrons. The minimum atomic E-state index is -4.51. The van der Waals surface area contributed by atoms with Crippen LogP contribution in [-0.4, -0.2) is 21.8 Å². The van der Waals surface area contributed by atoms with Crippen molar-refractivity contribution in [2.45, 2.75) is 32.1 Å². The number of methoxy groups -OCH3 is 1. The summed E-state index contributed by atoms with van der Waals surface area (Å²) in [5.41, 5.74) is 3.14. The molecule has 6 rings (SSSR count). The standard InChI is InChI=1S/C34H29F3N4O2S/c1-21-20-27(22(2)40(21)30-10-5-4-8-28(30)34(35,36)37)32-31(29-9-6-7-19-38-29)39-33(44)41(32)23-11-13-25(14-12-23)43-26-17-15-24(42-3)16-18-26/h4-20,31-32H,1-3H3,(H,39,44)/t31-,32+/m1/s1. The average Bonchev–Trinajstić information content (AvgIpc) is 3.52. The number of thiocarbonyl (C=S) groups is 1. The SMILES string of the molecule is COc1ccc(Oc2ccc(N3C(=S)N[C@H](c4ccccn4)[C@@H]3c3cc(C)n(-c4ccccc4C(F)(F)F)c3C)cc2)cc1. The Balaban J connectivity index is 1.41. The fourth-order valence-corrected chi connectivity index (χ4v) is 6.12. The molecule has 0 aliphatic carbocycles. The summed E-state index contributed by atoms with van der Waals surface area (Å²) in [4.78, 5) is 6.60. The van der Waals surface area contributed by atoms with Gasteiger partial charge in [0.2, 0.25) is 0 Å². The molecule has 3 heterocycles. The zero-order chi connectivity index (χ0) is 31.0. The smallest absolute Gasteiger partial charge is 0.418 e. The number of nitrogens with zero attached hydrogens (tertiary/aromatic N) is 3. The molecule has 0 radical (unpaired) electrons. The third kappa shape index (κ3) is 5.48. The van der Waals surface area contributed by atoms with Gasteiger partial charge in [-0.25, -0.2) is 0 Å². The van der Waals surface area contributed by atoms with Gasteiger partial charge in [0.15, 0.2) is 5.11 Å². The number of hydrogen-bond acceptors (Lipinski definition) is 4. The highest BCUT2D eigenvalue weighted by molar-refractivity contribution is 7.80. The number of nitrogens with one attached hydrogen (secondary N) is 1. The van der Waals surface area contributed by atoms with Crippen LogP contribution >= 0.6 is 12.2 Å². The number of ether oxygens (including phenoxy) is 2. The number of aryl methyl sites for hydroxylation is 1. The van der Waals surface area contributed by atoms with Gasteiger partial charge in [-0.05, 0) is 110 Å². The van der Waals surface area contributed by atoms with Crippen LogP contribution < -0.4 is 19.7 Å². The molecule has 1 saturated heterocycles. The van der Waals surface area contributed by atoms with Crippen LogP contribution in [0.3, 0.4) is 0 Å². The van der Waals surface area contributed by atoms with Crippen molar-refractivity contribution in [3.63, 3.8) is 0 Å². The van der Waals surface area contributed by atoms with Gasteiger partial charge in [0, 0.05) is 23.3 Å². The van der Waals surface area contributed by atoms with E-state index >= 15 is 0 Å². The summed E-state index contributed by atoms with van der Waals surface area (Å²) in [6.45, 7) is 3.66. The predicted molar refractivity (Wildman–Crippen MR) is 168 cm³/mol. The lowest BCUT2D eigenvalue weighted by Gasteiger charge is -2.28. The summed E-state index contributed by atoms with van der Waals surface area (Å²) >= 11 is 5.87. The first-order valence-corrected chi connectivity index (χ1v) is 14.3. The fourth-order valence-electron chi connectivity index (χ4n) is 5.77. The molecule has 0 saturated carbocycles. The predicted octanol–water partition coefficient (Wildman–Crippen LogP) is 8.49. The van der Waals surface area contributed by atoms with E-state index in [1.54, 1.807) is 23.9 Å². The van der Waals surface area contributed by atoms with Gasteiger partial charge in [-0.15, -0.1) is 0 Å². The fraction of sp³-hybridized carbons (Fsp3) is 0.176. The molecule has 10 heteroatoms. The molecule has 1 aliphatic heterocycles. The number of alkyl halides is 3. The molecule has 0 unspecified atom stereocenters. The third-order valence-corrected chi connectivity index (χ3v) is 8.06. The monoisotopic (exact) mass is 614 g/mol. The maximum absolute atomic E-state index is 14.1. The molecule has 44 heavy (non-hydrogen) atoms. The van der Waals surface area contributed by atoms with E-state index in [1.165, 1.54) is 12.1 Å². The number of pyridine rings is 1. The van der Waals surface area contributed by atoms with Crippen LogP contribution in [0, 0.1) is 13.8 Å². The van der Waals surface area contributed by atoms with E-state index in [2.05, 4.69) is 10.3 Å². The van der Waals surface area contributed by atoms with Crippen LogP contribution in [-0.2, 0) is 6.18 Å². The van der Waals surface area contributed by atoms with E-state index < -0.39 is 17.8 Å². The molecule has 0 amide bonds. The van der Waals surface area contributed by atoms with Crippen LogP contribution in [0.25, 0.3) is 5.69 Å². The molecule has 1 aliphatic rings. The number of rotatable bonds is 7. The van der Waals surface area contributed by atoms with Crippen molar-refractivity contribution < 1.29 is 22.6 Å². The minimum Gasteiger partial charge on any atom is -0.497 e. The van der Waals surface area contributed by atoms with E-state index in [0.717, 1.165) is 28.8 Å². The van der Waals surface area contributed by atoms with Crippen molar-refractivity contribution in [3.8, 4) is 22.9 Å². The van der Waals surface area contributed by atoms with Crippen molar-refractivity contribution in [2.75, 3.05) is 12.0 Å². The van der Waals surface area contributed by atoms with Crippen LogP contribution in [0.1, 0.15) is 40.3 Å². The maximum Gasteiger partial charge on any atom is 0.418 e. The van der Waals surface area contributed by atoms with E-state index in [4.69, 9.17) is 21.7 Å². The molecule has 0 bridgehead atoms. The molecule has 0 spiro atoms. The first-order chi connectivity index (χ1) is 21.2. The number of halogens is 3. The Bertz CT molecular complexity index is 1790. The maximum atomic E-state index is 14.1. The Morgan fingerprint density at radius 1 is 0.841 bits per heavy atom. The third-order valence-electron chi connectivity index (χ3n) is 7.75. The van der Waals surface area contributed by atoms with Crippen molar-refractivity contribution in [1.82, 2.24) is 14.9 Å². The number of para-hydroxylation sites is 1. The van der Waals surface area contributed by atoms with Crippen LogP contribution in [0.5, 0.6) is 17.2 Å². The van der Waals surface area contributed by atoms with E-state index in [9.17, 15) is 13.2 Å². The summed E-state index contributed by atoms with van der Waals surface area (Å²) in [7, 11) is 1.61. The lowest BCUT2D eigenvalue weighted by molar-refractivity contribution is -0.137. The Morgan fingerprint density at radius 3 is 2.11 bits per heavy atom. The zero-order valence-electron chi connectivity index (χ0n) is 24.2. The van der Waals surface area contributed by atoms with Crippen LogP contribution in [0.4, 0.5) is 18.9 Å². The van der Waals surface area contributed by atoms with E-state index in [-0.39, 0.29) is 11.7 Å². The Morgan fingerprint density at radius 2 is 1.48 bits per heavy atom. The molecular formula is C34H29F3N4O2S. The van der Waals surface area contributed by atoms with Crippen LogP contribution in [0.2, 0.25) is 0 Å². The first-order valence-electron chi connectivity index (χ1n) is 13.9. The zero-order valence-corrected chi connectivity index (χ0v) is 25.0. The quantitative estimate of drug-likeness (QED) is 0.186. The lowest BCUT2D eigenvalue weighted by atomic mass is 9.96. The average molecular weight is 615 g/mol. The molecule has 1 fully saturated rings. The van der Waals surface area contributed by atoms with Gasteiger partial charge < -0.3 is 24.3 Å². The summed E-state index contributed by atoms with van der Waals surface area (Å²) in [6, 6.07) is 27.3. The number of hydrogen-bond donors (Lipinski definition) is 1. The molecule has 6 nitrogen and oxygen atoms in total. The lowest BCUT2D eigenvalue weighted by Crippen LogP contribution is -2.29. The van der Waals surface area contributed by atoms with E-state index in [0.29, 0.717) is 28.0 Å². The highest BCUT2D eigenvalue weighted by Crippen LogP contribution is 2.45. The molecule has 1 N–H and O–H groups in total. The normalized spacial score (nSPS) is 16.6. The number of aromatic nitrogens is 2. The van der Waals surface area contributed by atoms with E-state index in [1.807, 2.05) is 91.5 Å². The van der Waals surface area contributed by atoms with Crippen molar-refractivity contribution in [1.29, 1.82) is 0 Å². The molecule has 2 aromatic heterocycles. The second kappa shape index (κ2) is 11.7. The molecule has 2 atom stereocenters. The second-order valence-corrected chi connectivity index (χ2v) is 10.8. The van der Waals surface area contributed by atoms with Crippen molar-refractivity contribution in [3.05, 3.63) is 131 Å². The van der Waals surface area contributed by atoms with Gasteiger partial charge in [-0.2, -0.15) is 13.2 Å². The van der Waals surface area contributed by atoms with Crippen molar-refractivity contribution in [2.24, 2.45) is 0 Å². The Labute approximate surface area is 258 Å². The van der Waals surface area contributed by atoms with Gasteiger partial charge in [-0.3, -0.25) is 4.98 Å². The summed E-state index contributed by atoms with van der Waals surface area (Å²) in [6.07, 6.45) is -2.79. The Hall–Kier alpha value is -4.83. The van der Waals surface area contributed by atoms with Crippen LogP contribution in [0.15, 0.2) is 103 Å². The summed E-state index contributed by atoms with van der Waals surface area (Å²) in [5, 5.41) is 3.91. The first kappa shape index (κ1) is 29.3. The number of benzene rings is 3. The topological polar surface area (TPSA) is 51.6 Å². The van der Waals surface area contributed by atoms with Gasteiger partial charge in [0.25, 0.3) is 0 Å². The van der Waals surface area contributed by atoms with Gasteiger partial charge in [0.05, 0.1) is 36.1 Å². The number of anilines is 1. The highest BCUT2D eigenvalue weighted by Gasteiger charge is 2.43. The summed E-state index contributed by atoms with van der Waals surface area (Å²) < 4.78 is 55.1. The van der Waals surface area contributed by atoms with Crippen molar-refractivity contribution >= 4 is 23.0 Å².